The van der Waals surface area contributed by atoms with Crippen LogP contribution in [0, 0.1) is 5.41 Å². The maximum atomic E-state index is 12.9. The Morgan fingerprint density at radius 3 is 2.37 bits per heavy atom. The van der Waals surface area contributed by atoms with E-state index in [4.69, 9.17) is 9.47 Å². The third-order valence-corrected chi connectivity index (χ3v) is 5.05. The summed E-state index contributed by atoms with van der Waals surface area (Å²) < 4.78 is 13.0. The lowest BCUT2D eigenvalue weighted by atomic mass is 9.93. The van der Waals surface area contributed by atoms with Gasteiger partial charge in [0.25, 0.3) is 0 Å². The van der Waals surface area contributed by atoms with Gasteiger partial charge < -0.3 is 19.5 Å². The molecular weight excluding hydrogens is 390 g/mol. The van der Waals surface area contributed by atoms with E-state index in [1.807, 2.05) is 0 Å². The predicted molar refractivity (Wildman–Crippen MR) is 109 cm³/mol. The van der Waals surface area contributed by atoms with Crippen LogP contribution >= 0.6 is 0 Å². The van der Waals surface area contributed by atoms with Crippen molar-refractivity contribution in [3.05, 3.63) is 46.1 Å². The van der Waals surface area contributed by atoms with E-state index in [0.717, 1.165) is 4.57 Å². The van der Waals surface area contributed by atoms with E-state index in [9.17, 15) is 19.5 Å². The van der Waals surface area contributed by atoms with Crippen molar-refractivity contribution < 1.29 is 24.2 Å². The quantitative estimate of drug-likeness (QED) is 0.802. The Morgan fingerprint density at radius 2 is 1.80 bits per heavy atom. The molecule has 1 amide bonds. The number of carboxylic acid groups (broad SMARTS) is 1. The molecule has 0 bridgehead atoms. The molecule has 9 heteroatoms. The Hall–Kier alpha value is -3.23. The molecule has 2 heterocycles. The Labute approximate surface area is 174 Å². The van der Waals surface area contributed by atoms with Gasteiger partial charge >= 0.3 is 17.8 Å². The summed E-state index contributed by atoms with van der Waals surface area (Å²) in [5, 5.41) is 9.82. The van der Waals surface area contributed by atoms with E-state index in [2.05, 4.69) is 20.8 Å². The van der Waals surface area contributed by atoms with Crippen molar-refractivity contribution in [3.8, 4) is 11.4 Å². The molecular formula is C21H27N3O6. The average Bonchev–Trinajstić information content (AvgIpc) is 2.99. The van der Waals surface area contributed by atoms with Gasteiger partial charge in [-0.2, -0.15) is 0 Å². The Bertz CT molecular complexity index is 997. The van der Waals surface area contributed by atoms with E-state index in [1.54, 1.807) is 24.3 Å². The van der Waals surface area contributed by atoms with Gasteiger partial charge in [0, 0.05) is 13.1 Å². The molecule has 3 rings (SSSR count). The highest BCUT2D eigenvalue weighted by atomic mass is 16.6. The van der Waals surface area contributed by atoms with Crippen molar-refractivity contribution in [2.24, 2.45) is 5.41 Å². The highest BCUT2D eigenvalue weighted by Gasteiger charge is 2.32. The fourth-order valence-corrected chi connectivity index (χ4v) is 3.34. The van der Waals surface area contributed by atoms with Crippen LogP contribution in [0.5, 0.6) is 5.75 Å². The van der Waals surface area contributed by atoms with Crippen molar-refractivity contribution in [1.29, 1.82) is 0 Å². The van der Waals surface area contributed by atoms with Crippen LogP contribution in [0.25, 0.3) is 5.69 Å². The van der Waals surface area contributed by atoms with Gasteiger partial charge in [-0.15, -0.1) is 0 Å². The Balaban J connectivity index is 1.89. The van der Waals surface area contributed by atoms with Gasteiger partial charge in [0.15, 0.2) is 5.69 Å². The highest BCUT2D eigenvalue weighted by molar-refractivity contribution is 5.88. The van der Waals surface area contributed by atoms with Gasteiger partial charge in [-0.3, -0.25) is 9.13 Å². The van der Waals surface area contributed by atoms with Gasteiger partial charge in [0.1, 0.15) is 5.75 Å². The van der Waals surface area contributed by atoms with Gasteiger partial charge in [-0.25, -0.2) is 14.4 Å². The molecule has 0 spiro atoms. The monoisotopic (exact) mass is 417 g/mol. The number of fused-ring (bicyclic) bond motifs is 1. The number of rotatable bonds is 5. The van der Waals surface area contributed by atoms with Gasteiger partial charge in [-0.1, -0.05) is 20.8 Å². The second-order valence-corrected chi connectivity index (χ2v) is 8.41. The highest BCUT2D eigenvalue weighted by Crippen LogP contribution is 2.22. The fourth-order valence-electron chi connectivity index (χ4n) is 3.34. The number of carbonyl (C=O) groups is 2. The standard InChI is InChI=1S/C21H27N3O6/c1-21(2,3)9-12-30-20(28)22-10-11-23-16(13-22)17(18(25)26)24(19(23)27)14-5-7-15(29-4)8-6-14/h5-8H,9-13H2,1-4H3,(H,25,26). The first-order valence-electron chi connectivity index (χ1n) is 9.76. The molecule has 1 aromatic heterocycles. The molecule has 0 fully saturated rings. The Kier molecular flexibility index (Phi) is 5.91. The molecule has 0 saturated carbocycles. The number of methoxy groups -OCH3 is 1. The lowest BCUT2D eigenvalue weighted by Gasteiger charge is -2.28. The minimum Gasteiger partial charge on any atom is -0.497 e. The third kappa shape index (κ3) is 4.34. The predicted octanol–water partition coefficient (Wildman–Crippen LogP) is 2.73. The topological polar surface area (TPSA) is 103 Å². The zero-order chi connectivity index (χ0) is 22.1. The number of benzene rings is 1. The number of hydrogen-bond acceptors (Lipinski definition) is 5. The summed E-state index contributed by atoms with van der Waals surface area (Å²) in [7, 11) is 1.52. The minimum absolute atomic E-state index is 0.00558. The molecule has 0 aliphatic carbocycles. The van der Waals surface area contributed by atoms with Crippen LogP contribution in [0.15, 0.2) is 29.1 Å². The second-order valence-electron chi connectivity index (χ2n) is 8.41. The van der Waals surface area contributed by atoms with E-state index in [-0.39, 0.29) is 43.0 Å². The summed E-state index contributed by atoms with van der Waals surface area (Å²) in [5.41, 5.74) is 0.127. The maximum Gasteiger partial charge on any atom is 0.410 e. The van der Waals surface area contributed by atoms with Crippen molar-refractivity contribution in [2.45, 2.75) is 40.3 Å². The van der Waals surface area contributed by atoms with Crippen LogP contribution in [-0.4, -0.2) is 51.5 Å². The molecule has 1 N–H and O–H groups in total. The van der Waals surface area contributed by atoms with Crippen LogP contribution in [0.3, 0.4) is 0 Å². The normalized spacial score (nSPS) is 13.7. The molecule has 0 unspecified atom stereocenters. The first kappa shape index (κ1) is 21.5. The summed E-state index contributed by atoms with van der Waals surface area (Å²) in [4.78, 5) is 38.9. The van der Waals surface area contributed by atoms with E-state index >= 15 is 0 Å². The summed E-state index contributed by atoms with van der Waals surface area (Å²) in [5.74, 6) is -0.642. The molecule has 1 aromatic carbocycles. The summed E-state index contributed by atoms with van der Waals surface area (Å²) in [6.45, 7) is 6.92. The van der Waals surface area contributed by atoms with Gasteiger partial charge in [0.05, 0.1) is 31.6 Å². The number of aromatic nitrogens is 2. The molecule has 1 aliphatic rings. The molecule has 0 atom stereocenters. The number of carboxylic acids is 1. The Morgan fingerprint density at radius 1 is 1.13 bits per heavy atom. The van der Waals surface area contributed by atoms with Crippen molar-refractivity contribution >= 4 is 12.1 Å². The molecule has 162 valence electrons. The van der Waals surface area contributed by atoms with Crippen LogP contribution in [-0.2, 0) is 17.8 Å². The third-order valence-electron chi connectivity index (χ3n) is 5.05. The van der Waals surface area contributed by atoms with Gasteiger partial charge in [-0.05, 0) is 36.1 Å². The largest absolute Gasteiger partial charge is 0.497 e. The number of aromatic carboxylic acids is 1. The van der Waals surface area contributed by atoms with Crippen LogP contribution in [0.1, 0.15) is 43.4 Å². The first-order chi connectivity index (χ1) is 14.1. The SMILES string of the molecule is COc1ccc(-n2c(C(=O)O)c3n(c2=O)CCN(C(=O)OCCC(C)(C)C)C3)cc1. The smallest absolute Gasteiger partial charge is 0.410 e. The van der Waals surface area contributed by atoms with E-state index in [1.165, 1.54) is 16.6 Å². The number of imidazole rings is 1. The maximum absolute atomic E-state index is 12.9. The van der Waals surface area contributed by atoms with Crippen LogP contribution in [0.4, 0.5) is 4.79 Å². The van der Waals surface area contributed by atoms with Crippen LogP contribution in [0.2, 0.25) is 0 Å². The molecule has 1 aliphatic heterocycles. The number of ether oxygens (including phenoxy) is 2. The van der Waals surface area contributed by atoms with E-state index < -0.39 is 17.8 Å². The van der Waals surface area contributed by atoms with Gasteiger partial charge in [0.2, 0.25) is 0 Å². The second kappa shape index (κ2) is 8.25. The van der Waals surface area contributed by atoms with E-state index in [0.29, 0.717) is 17.9 Å². The minimum atomic E-state index is -1.24. The average molecular weight is 417 g/mol. The zero-order valence-electron chi connectivity index (χ0n) is 17.7. The van der Waals surface area contributed by atoms with Crippen molar-refractivity contribution in [2.75, 3.05) is 20.3 Å². The zero-order valence-corrected chi connectivity index (χ0v) is 17.7. The lowest BCUT2D eigenvalue weighted by Crippen LogP contribution is -2.41. The summed E-state index contributed by atoms with van der Waals surface area (Å²) in [6, 6.07) is 6.56. The summed E-state index contributed by atoms with van der Waals surface area (Å²) >= 11 is 0. The van der Waals surface area contributed by atoms with Crippen molar-refractivity contribution in [1.82, 2.24) is 14.0 Å². The number of amides is 1. The number of nitrogens with zero attached hydrogens (tertiary/aromatic N) is 3. The molecule has 30 heavy (non-hydrogen) atoms. The summed E-state index contributed by atoms with van der Waals surface area (Å²) in [6.07, 6.45) is 0.206. The number of hydrogen-bond donors (Lipinski definition) is 1. The molecule has 0 radical (unpaired) electrons. The van der Waals surface area contributed by atoms with Crippen molar-refractivity contribution in [3.63, 3.8) is 0 Å². The first-order valence-corrected chi connectivity index (χ1v) is 9.76. The lowest BCUT2D eigenvalue weighted by molar-refractivity contribution is 0.0674. The number of carbonyl (C=O) groups excluding carboxylic acids is 1. The molecule has 0 saturated heterocycles. The van der Waals surface area contributed by atoms with Crippen LogP contribution < -0.4 is 10.4 Å². The molecule has 9 nitrogen and oxygen atoms in total. The molecule has 2 aromatic rings. The fraction of sp³-hybridized carbons (Fsp3) is 0.476.